The summed E-state index contributed by atoms with van der Waals surface area (Å²) in [6.45, 7) is 9.81. The van der Waals surface area contributed by atoms with E-state index in [0.29, 0.717) is 18.7 Å². The predicted molar refractivity (Wildman–Crippen MR) is 137 cm³/mol. The van der Waals surface area contributed by atoms with E-state index < -0.39 is 21.6 Å². The van der Waals surface area contributed by atoms with E-state index in [0.717, 1.165) is 17.4 Å². The lowest BCUT2D eigenvalue weighted by molar-refractivity contribution is -0.141. The highest BCUT2D eigenvalue weighted by molar-refractivity contribution is 7.92. The molecule has 2 amide bonds. The number of rotatable bonds is 10. The average Bonchev–Trinajstić information content (AvgIpc) is 2.74. The van der Waals surface area contributed by atoms with Crippen LogP contribution in [0.15, 0.2) is 54.6 Å². The highest BCUT2D eigenvalue weighted by atomic mass is 32.2. The summed E-state index contributed by atoms with van der Waals surface area (Å²) in [6.07, 6.45) is 1.62. The van der Waals surface area contributed by atoms with Gasteiger partial charge >= 0.3 is 0 Å². The highest BCUT2D eigenvalue weighted by Crippen LogP contribution is 2.20. The Morgan fingerprint density at radius 2 is 1.59 bits per heavy atom. The van der Waals surface area contributed by atoms with Crippen molar-refractivity contribution in [3.05, 3.63) is 65.7 Å². The predicted octanol–water partition coefficient (Wildman–Crippen LogP) is 3.87. The summed E-state index contributed by atoms with van der Waals surface area (Å²) in [6, 6.07) is 16.1. The van der Waals surface area contributed by atoms with Crippen LogP contribution < -0.4 is 9.62 Å². The van der Waals surface area contributed by atoms with E-state index in [4.69, 9.17) is 0 Å². The zero-order chi connectivity index (χ0) is 25.5. The van der Waals surface area contributed by atoms with Crippen molar-refractivity contribution in [3.8, 4) is 0 Å². The summed E-state index contributed by atoms with van der Waals surface area (Å²) in [4.78, 5) is 27.6. The van der Waals surface area contributed by atoms with Crippen LogP contribution in [0.4, 0.5) is 5.69 Å². The molecule has 0 radical (unpaired) electrons. The number of carbonyl (C=O) groups excluding carboxylic acids is 2. The lowest BCUT2D eigenvalue weighted by Gasteiger charge is -2.32. The first-order valence-electron chi connectivity index (χ1n) is 11.5. The molecule has 2 aromatic carbocycles. The van der Waals surface area contributed by atoms with Crippen molar-refractivity contribution in [2.75, 3.05) is 17.1 Å². The van der Waals surface area contributed by atoms with Crippen molar-refractivity contribution in [2.24, 2.45) is 0 Å². The van der Waals surface area contributed by atoms with Gasteiger partial charge in [-0.25, -0.2) is 8.42 Å². The number of anilines is 1. The van der Waals surface area contributed by atoms with Gasteiger partial charge in [0.25, 0.3) is 0 Å². The molecule has 34 heavy (non-hydrogen) atoms. The minimum absolute atomic E-state index is 0.123. The van der Waals surface area contributed by atoms with Crippen LogP contribution in [0.1, 0.15) is 51.7 Å². The molecule has 0 saturated carbocycles. The summed E-state index contributed by atoms with van der Waals surface area (Å²) in [7, 11) is -3.50. The van der Waals surface area contributed by atoms with Crippen LogP contribution in [0.5, 0.6) is 0 Å². The Kier molecular flexibility index (Phi) is 9.27. The van der Waals surface area contributed by atoms with E-state index in [9.17, 15) is 18.0 Å². The molecule has 2 rings (SSSR count). The SMILES string of the molecule is Cc1ccc(N(CCCC(=O)N(Cc2ccccc2)[C@@H](C)C(=O)NC(C)(C)C)S(C)(=O)=O)cc1. The lowest BCUT2D eigenvalue weighted by atomic mass is 10.1. The Morgan fingerprint density at radius 1 is 1.00 bits per heavy atom. The molecule has 0 aromatic heterocycles. The van der Waals surface area contributed by atoms with E-state index in [2.05, 4.69) is 5.32 Å². The van der Waals surface area contributed by atoms with Crippen molar-refractivity contribution in [3.63, 3.8) is 0 Å². The van der Waals surface area contributed by atoms with Crippen molar-refractivity contribution in [1.29, 1.82) is 0 Å². The third kappa shape index (κ3) is 8.48. The quantitative estimate of drug-likeness (QED) is 0.551. The molecule has 7 nitrogen and oxygen atoms in total. The maximum atomic E-state index is 13.2. The normalized spacial score (nSPS) is 12.6. The van der Waals surface area contributed by atoms with Gasteiger partial charge in [0, 0.05) is 25.0 Å². The monoisotopic (exact) mass is 487 g/mol. The number of aryl methyl sites for hydroxylation is 1. The molecular weight excluding hydrogens is 450 g/mol. The molecule has 0 aliphatic heterocycles. The Balaban J connectivity index is 2.15. The average molecular weight is 488 g/mol. The molecule has 0 spiro atoms. The number of hydrogen-bond donors (Lipinski definition) is 1. The first-order valence-corrected chi connectivity index (χ1v) is 13.3. The molecule has 0 bridgehead atoms. The van der Waals surface area contributed by atoms with Gasteiger partial charge in [-0.15, -0.1) is 0 Å². The van der Waals surface area contributed by atoms with E-state index in [1.807, 2.05) is 70.2 Å². The van der Waals surface area contributed by atoms with Crippen LogP contribution in [-0.2, 0) is 26.2 Å². The Labute approximate surface area is 204 Å². The Bertz CT molecular complexity index is 1060. The second-order valence-corrected chi connectivity index (χ2v) is 11.6. The first kappa shape index (κ1) is 27.4. The van der Waals surface area contributed by atoms with Crippen molar-refractivity contribution in [1.82, 2.24) is 10.2 Å². The summed E-state index contributed by atoms with van der Waals surface area (Å²) < 4.78 is 26.1. The van der Waals surface area contributed by atoms with E-state index in [-0.39, 0.29) is 24.8 Å². The molecule has 0 fully saturated rings. The fourth-order valence-electron chi connectivity index (χ4n) is 3.55. The van der Waals surface area contributed by atoms with Crippen LogP contribution in [-0.4, -0.2) is 49.5 Å². The van der Waals surface area contributed by atoms with Crippen molar-refractivity contribution in [2.45, 2.75) is 65.6 Å². The van der Waals surface area contributed by atoms with Gasteiger partial charge in [-0.3, -0.25) is 13.9 Å². The molecule has 1 N–H and O–H groups in total. The zero-order valence-corrected chi connectivity index (χ0v) is 21.9. The third-order valence-corrected chi connectivity index (χ3v) is 6.53. The molecule has 186 valence electrons. The molecule has 0 heterocycles. The number of nitrogens with zero attached hydrogens (tertiary/aromatic N) is 2. The molecule has 0 aliphatic carbocycles. The van der Waals surface area contributed by atoms with Gasteiger partial charge in [0.15, 0.2) is 0 Å². The standard InChI is InChI=1S/C26H37N3O4S/c1-20-14-16-23(17-15-20)29(34(6,32)33)18-10-13-24(30)28(19-22-11-8-7-9-12-22)21(2)25(31)27-26(3,4)5/h7-9,11-12,14-17,21H,10,13,18-19H2,1-6H3,(H,27,31)/t21-/m0/s1. The van der Waals surface area contributed by atoms with Crippen LogP contribution in [0, 0.1) is 6.92 Å². The highest BCUT2D eigenvalue weighted by Gasteiger charge is 2.28. The Morgan fingerprint density at radius 3 is 2.12 bits per heavy atom. The first-order chi connectivity index (χ1) is 15.8. The van der Waals surface area contributed by atoms with Gasteiger partial charge in [0.1, 0.15) is 6.04 Å². The van der Waals surface area contributed by atoms with Gasteiger partial charge in [0.05, 0.1) is 11.9 Å². The van der Waals surface area contributed by atoms with E-state index >= 15 is 0 Å². The third-order valence-electron chi connectivity index (χ3n) is 5.34. The van der Waals surface area contributed by atoms with Gasteiger partial charge < -0.3 is 10.2 Å². The van der Waals surface area contributed by atoms with Crippen LogP contribution >= 0.6 is 0 Å². The maximum absolute atomic E-state index is 13.2. The summed E-state index contributed by atoms with van der Waals surface area (Å²) in [5.41, 5.74) is 2.10. The second-order valence-electron chi connectivity index (χ2n) is 9.70. The zero-order valence-electron chi connectivity index (χ0n) is 21.0. The Hall–Kier alpha value is -2.87. The van der Waals surface area contributed by atoms with Crippen LogP contribution in [0.2, 0.25) is 0 Å². The van der Waals surface area contributed by atoms with Crippen molar-refractivity contribution >= 4 is 27.5 Å². The number of sulfonamides is 1. The van der Waals surface area contributed by atoms with Gasteiger partial charge in [-0.1, -0.05) is 48.0 Å². The second kappa shape index (κ2) is 11.5. The van der Waals surface area contributed by atoms with Crippen LogP contribution in [0.25, 0.3) is 0 Å². The van der Waals surface area contributed by atoms with Crippen molar-refractivity contribution < 1.29 is 18.0 Å². The van der Waals surface area contributed by atoms with Crippen LogP contribution in [0.3, 0.4) is 0 Å². The molecule has 0 aliphatic rings. The maximum Gasteiger partial charge on any atom is 0.242 e. The smallest absolute Gasteiger partial charge is 0.242 e. The number of nitrogens with one attached hydrogen (secondary N) is 1. The topological polar surface area (TPSA) is 86.8 Å². The molecule has 1 atom stereocenters. The molecule has 0 unspecified atom stereocenters. The molecule has 0 saturated heterocycles. The summed E-state index contributed by atoms with van der Waals surface area (Å²) in [5, 5.41) is 2.94. The van der Waals surface area contributed by atoms with Gasteiger partial charge in [0.2, 0.25) is 21.8 Å². The summed E-state index contributed by atoms with van der Waals surface area (Å²) >= 11 is 0. The fraction of sp³-hybridized carbons (Fsp3) is 0.462. The number of benzene rings is 2. The van der Waals surface area contributed by atoms with E-state index in [1.54, 1.807) is 24.0 Å². The number of amides is 2. The minimum atomic E-state index is -3.50. The lowest BCUT2D eigenvalue weighted by Crippen LogP contribution is -2.52. The van der Waals surface area contributed by atoms with E-state index in [1.165, 1.54) is 4.31 Å². The fourth-order valence-corrected chi connectivity index (χ4v) is 4.52. The van der Waals surface area contributed by atoms with Gasteiger partial charge in [-0.05, 0) is 58.7 Å². The minimum Gasteiger partial charge on any atom is -0.350 e. The molecular formula is C26H37N3O4S. The largest absolute Gasteiger partial charge is 0.350 e. The van der Waals surface area contributed by atoms with Gasteiger partial charge in [-0.2, -0.15) is 0 Å². The molecule has 8 heteroatoms. The molecule has 2 aromatic rings. The summed E-state index contributed by atoms with van der Waals surface area (Å²) in [5.74, 6) is -0.424. The number of hydrogen-bond acceptors (Lipinski definition) is 4. The number of carbonyl (C=O) groups is 2.